The lowest BCUT2D eigenvalue weighted by molar-refractivity contribution is -0.117. The summed E-state index contributed by atoms with van der Waals surface area (Å²) in [6, 6.07) is 1.11. The number of hydrogen-bond donors (Lipinski definition) is 0. The minimum absolute atomic E-state index is 0.0657. The van der Waals surface area contributed by atoms with Crippen LogP contribution in [0.15, 0.2) is 27.5 Å². The summed E-state index contributed by atoms with van der Waals surface area (Å²) in [5.74, 6) is 1.74. The fourth-order valence-electron chi connectivity index (χ4n) is 4.29. The number of aliphatic imine (C=N–C) groups is 1. The molecule has 150 valence electrons. The predicted molar refractivity (Wildman–Crippen MR) is 113 cm³/mol. The van der Waals surface area contributed by atoms with E-state index in [-0.39, 0.29) is 23.9 Å². The Morgan fingerprint density at radius 1 is 1.37 bits per heavy atom. The molecule has 2 atom stereocenters. The van der Waals surface area contributed by atoms with Gasteiger partial charge in [-0.15, -0.1) is 11.8 Å². The third-order valence-electron chi connectivity index (χ3n) is 5.63. The first-order chi connectivity index (χ1) is 12.8. The highest BCUT2D eigenvalue weighted by atomic mass is 32.2. The van der Waals surface area contributed by atoms with Crippen LogP contribution in [0.4, 0.5) is 0 Å². The van der Waals surface area contributed by atoms with Crippen LogP contribution in [0.2, 0.25) is 25.7 Å². The average Bonchev–Trinajstić information content (AvgIpc) is 2.89. The molecule has 0 radical (unpaired) electrons. The lowest BCUT2D eigenvalue weighted by Crippen LogP contribution is -2.43. The number of nitrogens with zero attached hydrogens (tertiary/aromatic N) is 1. The van der Waals surface area contributed by atoms with Crippen LogP contribution in [-0.2, 0) is 19.0 Å². The standard InChI is InChI=1S/C20H31NO4SSi/c1-23-16-12-14(22)11-15-18(26-2)17(19-20(15,16)7-6-8-21-19)25-13-24-9-10-27(3,4)5/h12,15H,6-11,13H2,1-5H3. The van der Waals surface area contributed by atoms with Gasteiger partial charge >= 0.3 is 0 Å². The van der Waals surface area contributed by atoms with Gasteiger partial charge < -0.3 is 14.2 Å². The van der Waals surface area contributed by atoms with Crippen LogP contribution in [0, 0.1) is 11.3 Å². The zero-order valence-corrected chi connectivity index (χ0v) is 18.9. The van der Waals surface area contributed by atoms with Crippen LogP contribution >= 0.6 is 11.8 Å². The molecule has 1 aliphatic heterocycles. The second-order valence-electron chi connectivity index (χ2n) is 8.62. The van der Waals surface area contributed by atoms with Gasteiger partial charge in [-0.3, -0.25) is 9.79 Å². The summed E-state index contributed by atoms with van der Waals surface area (Å²) in [4.78, 5) is 18.3. The molecule has 1 heterocycles. The topological polar surface area (TPSA) is 57.1 Å². The zero-order valence-electron chi connectivity index (χ0n) is 17.1. The molecule has 0 N–H and O–H groups in total. The van der Waals surface area contributed by atoms with E-state index >= 15 is 0 Å². The first kappa shape index (κ1) is 20.7. The molecule has 0 aromatic heterocycles. The minimum Gasteiger partial charge on any atom is -0.500 e. The Kier molecular flexibility index (Phi) is 6.23. The molecule has 0 aromatic carbocycles. The lowest BCUT2D eigenvalue weighted by atomic mass is 9.65. The first-order valence-electron chi connectivity index (χ1n) is 9.66. The molecule has 0 bridgehead atoms. The largest absolute Gasteiger partial charge is 0.500 e. The third-order valence-corrected chi connectivity index (χ3v) is 8.25. The van der Waals surface area contributed by atoms with E-state index < -0.39 is 8.07 Å². The molecule has 3 rings (SSSR count). The number of rotatable bonds is 8. The van der Waals surface area contributed by atoms with Crippen molar-refractivity contribution in [1.82, 2.24) is 0 Å². The van der Waals surface area contributed by atoms with Gasteiger partial charge in [-0.1, -0.05) is 19.6 Å². The summed E-state index contributed by atoms with van der Waals surface area (Å²) in [7, 11) is 0.535. The number of carbonyl (C=O) groups excluding carboxylic acids is 1. The Labute approximate surface area is 167 Å². The molecule has 3 aliphatic rings. The third kappa shape index (κ3) is 3.91. The van der Waals surface area contributed by atoms with E-state index in [2.05, 4.69) is 19.6 Å². The van der Waals surface area contributed by atoms with Gasteiger partial charge in [-0.05, 0) is 25.1 Å². The van der Waals surface area contributed by atoms with Gasteiger partial charge in [0.05, 0.1) is 18.2 Å². The summed E-state index contributed by atoms with van der Waals surface area (Å²) in [5, 5.41) is 0. The van der Waals surface area contributed by atoms with Crippen molar-refractivity contribution in [2.24, 2.45) is 16.3 Å². The van der Waals surface area contributed by atoms with E-state index in [4.69, 9.17) is 19.2 Å². The van der Waals surface area contributed by atoms with Crippen LogP contribution in [-0.4, -0.2) is 52.9 Å². The molecule has 2 aliphatic carbocycles. The first-order valence-corrected chi connectivity index (χ1v) is 14.6. The lowest BCUT2D eigenvalue weighted by Gasteiger charge is -2.41. The molecule has 0 fully saturated rings. The van der Waals surface area contributed by atoms with Crippen LogP contribution in [0.3, 0.4) is 0 Å². The van der Waals surface area contributed by atoms with E-state index in [1.54, 1.807) is 24.9 Å². The smallest absolute Gasteiger partial charge is 0.189 e. The van der Waals surface area contributed by atoms with Crippen molar-refractivity contribution >= 4 is 31.3 Å². The SMILES string of the molecule is COC1=CC(=O)CC2C(SC)=C(OCOCC[Si](C)(C)C)C3=NCCCC132. The number of ether oxygens (including phenoxy) is 3. The number of carbonyl (C=O) groups is 1. The number of methoxy groups -OCH3 is 1. The van der Waals surface area contributed by atoms with Crippen molar-refractivity contribution in [3.05, 3.63) is 22.5 Å². The predicted octanol–water partition coefficient (Wildman–Crippen LogP) is 4.24. The molecule has 5 nitrogen and oxygen atoms in total. The van der Waals surface area contributed by atoms with E-state index in [0.29, 0.717) is 6.42 Å². The summed E-state index contributed by atoms with van der Waals surface area (Å²) in [6.07, 6.45) is 6.15. The molecular weight excluding hydrogens is 378 g/mol. The van der Waals surface area contributed by atoms with Crippen molar-refractivity contribution in [3.63, 3.8) is 0 Å². The van der Waals surface area contributed by atoms with Crippen molar-refractivity contribution in [1.29, 1.82) is 0 Å². The molecule has 7 heteroatoms. The van der Waals surface area contributed by atoms with Crippen LogP contribution in [0.1, 0.15) is 19.3 Å². The second kappa shape index (κ2) is 8.13. The average molecular weight is 410 g/mol. The van der Waals surface area contributed by atoms with Crippen molar-refractivity contribution in [2.45, 2.75) is 44.9 Å². The molecule has 0 saturated heterocycles. The zero-order chi connectivity index (χ0) is 19.7. The maximum Gasteiger partial charge on any atom is 0.189 e. The molecule has 0 aromatic rings. The Bertz CT molecular complexity index is 695. The van der Waals surface area contributed by atoms with Crippen LogP contribution in [0.5, 0.6) is 0 Å². The van der Waals surface area contributed by atoms with Gasteiger partial charge in [0, 0.05) is 44.5 Å². The summed E-state index contributed by atoms with van der Waals surface area (Å²) >= 11 is 1.66. The maximum atomic E-state index is 12.3. The van der Waals surface area contributed by atoms with Crippen molar-refractivity contribution < 1.29 is 19.0 Å². The van der Waals surface area contributed by atoms with Crippen molar-refractivity contribution in [2.75, 3.05) is 33.3 Å². The highest BCUT2D eigenvalue weighted by Crippen LogP contribution is 2.59. The molecule has 1 spiro atoms. The number of thioether (sulfide) groups is 1. The Morgan fingerprint density at radius 3 is 2.81 bits per heavy atom. The number of ketones is 1. The van der Waals surface area contributed by atoms with Gasteiger partial charge in [0.15, 0.2) is 18.3 Å². The van der Waals surface area contributed by atoms with E-state index in [1.807, 2.05) is 6.26 Å². The Balaban J connectivity index is 1.83. The molecule has 2 unspecified atom stereocenters. The summed E-state index contributed by atoms with van der Waals surface area (Å²) in [5.41, 5.74) is 0.616. The van der Waals surface area contributed by atoms with Gasteiger partial charge in [-0.2, -0.15) is 0 Å². The molecule has 0 saturated carbocycles. The Hall–Kier alpha value is -1.05. The van der Waals surface area contributed by atoms with Gasteiger partial charge in [0.2, 0.25) is 0 Å². The fraction of sp³-hybridized carbons (Fsp3) is 0.700. The number of allylic oxidation sites excluding steroid dienone is 4. The molecular formula is C20H31NO4SSi. The quantitative estimate of drug-likeness (QED) is 0.341. The van der Waals surface area contributed by atoms with E-state index in [0.717, 1.165) is 54.2 Å². The fourth-order valence-corrected chi connectivity index (χ4v) is 5.95. The van der Waals surface area contributed by atoms with E-state index in [9.17, 15) is 4.79 Å². The summed E-state index contributed by atoms with van der Waals surface area (Å²) < 4.78 is 17.6. The second-order valence-corrected chi connectivity index (χ2v) is 15.1. The normalized spacial score (nSPS) is 27.7. The minimum atomic E-state index is -1.12. The Morgan fingerprint density at radius 2 is 2.15 bits per heavy atom. The van der Waals surface area contributed by atoms with E-state index in [1.165, 1.54) is 0 Å². The van der Waals surface area contributed by atoms with Gasteiger partial charge in [0.25, 0.3) is 0 Å². The monoisotopic (exact) mass is 409 g/mol. The van der Waals surface area contributed by atoms with Crippen LogP contribution < -0.4 is 0 Å². The van der Waals surface area contributed by atoms with Gasteiger partial charge in [0.1, 0.15) is 5.76 Å². The number of hydrogen-bond acceptors (Lipinski definition) is 6. The maximum absolute atomic E-state index is 12.3. The van der Waals surface area contributed by atoms with Crippen molar-refractivity contribution in [3.8, 4) is 0 Å². The highest BCUT2D eigenvalue weighted by molar-refractivity contribution is 8.02. The summed E-state index contributed by atoms with van der Waals surface area (Å²) in [6.45, 7) is 8.75. The molecule has 0 amide bonds. The highest BCUT2D eigenvalue weighted by Gasteiger charge is 2.59. The van der Waals surface area contributed by atoms with Crippen LogP contribution in [0.25, 0.3) is 0 Å². The molecule has 27 heavy (non-hydrogen) atoms. The van der Waals surface area contributed by atoms with Gasteiger partial charge in [-0.25, -0.2) is 0 Å².